The number of hydrogen-bond acceptors (Lipinski definition) is 3. The van der Waals surface area contributed by atoms with Crippen LogP contribution < -0.4 is 0 Å². The van der Waals surface area contributed by atoms with Crippen molar-refractivity contribution in [2.45, 2.75) is 5.41 Å². The Balaban J connectivity index is 1.11. The molecule has 0 saturated carbocycles. The van der Waals surface area contributed by atoms with Gasteiger partial charge in [0.25, 0.3) is 0 Å². The van der Waals surface area contributed by atoms with E-state index < -0.39 is 5.41 Å². The van der Waals surface area contributed by atoms with Gasteiger partial charge in [-0.1, -0.05) is 139 Å². The van der Waals surface area contributed by atoms with Crippen LogP contribution in [0, 0.1) is 6.57 Å². The van der Waals surface area contributed by atoms with Crippen LogP contribution in [0.15, 0.2) is 158 Å². The lowest BCUT2D eigenvalue weighted by molar-refractivity contribution is 0.794. The van der Waals surface area contributed by atoms with Crippen LogP contribution in [0.2, 0.25) is 0 Å². The second kappa shape index (κ2) is 10.4. The molecule has 0 atom stereocenters. The summed E-state index contributed by atoms with van der Waals surface area (Å²) in [4.78, 5) is 15.4. The Bertz CT molecular complexity index is 3220. The van der Waals surface area contributed by atoms with Crippen LogP contribution >= 0.6 is 11.3 Å². The largest absolute Gasteiger partial charge is 0.281 e. The third-order valence-electron chi connectivity index (χ3n) is 11.4. The average molecular weight is 691 g/mol. The fourth-order valence-corrected chi connectivity index (χ4v) is 10.3. The number of para-hydroxylation sites is 2. The lowest BCUT2D eigenvalue weighted by Gasteiger charge is -2.31. The minimum absolute atomic E-state index is 0.526. The zero-order valence-corrected chi connectivity index (χ0v) is 29.0. The van der Waals surface area contributed by atoms with Gasteiger partial charge in [0.05, 0.1) is 33.4 Å². The van der Waals surface area contributed by atoms with Gasteiger partial charge in [0.15, 0.2) is 10.6 Å². The van der Waals surface area contributed by atoms with E-state index in [4.69, 9.17) is 16.5 Å². The van der Waals surface area contributed by atoms with Crippen LogP contribution in [-0.4, -0.2) is 14.4 Å². The van der Waals surface area contributed by atoms with E-state index in [-0.39, 0.29) is 0 Å². The minimum atomic E-state index is -0.526. The monoisotopic (exact) mass is 690 g/mol. The Kier molecular flexibility index (Phi) is 5.62. The second-order valence-corrected chi connectivity index (χ2v) is 15.0. The van der Waals surface area contributed by atoms with Crippen molar-refractivity contribution in [3.63, 3.8) is 0 Å². The van der Waals surface area contributed by atoms with E-state index in [2.05, 4.69) is 155 Å². The predicted molar refractivity (Wildman–Crippen MR) is 217 cm³/mol. The molecule has 1 spiro atoms. The highest BCUT2D eigenvalue weighted by Crippen LogP contribution is 2.63. The van der Waals surface area contributed by atoms with Crippen LogP contribution in [0.5, 0.6) is 0 Å². The molecule has 2 aliphatic rings. The normalized spacial score (nSPS) is 13.4. The molecule has 53 heavy (non-hydrogen) atoms. The van der Waals surface area contributed by atoms with Crippen molar-refractivity contribution in [3.8, 4) is 44.6 Å². The van der Waals surface area contributed by atoms with Gasteiger partial charge in [-0.2, -0.15) is 0 Å². The zero-order valence-electron chi connectivity index (χ0n) is 28.2. The summed E-state index contributed by atoms with van der Waals surface area (Å²) in [5.74, 6) is 0. The van der Waals surface area contributed by atoms with E-state index in [0.717, 1.165) is 54.8 Å². The molecule has 2 aliphatic carbocycles. The van der Waals surface area contributed by atoms with E-state index >= 15 is 0 Å². The maximum absolute atomic E-state index is 7.93. The summed E-state index contributed by atoms with van der Waals surface area (Å²) in [6.07, 6.45) is 0. The number of hydrogen-bond donors (Lipinski definition) is 0. The van der Waals surface area contributed by atoms with Gasteiger partial charge in [0.2, 0.25) is 0 Å². The van der Waals surface area contributed by atoms with Crippen molar-refractivity contribution in [3.05, 3.63) is 191 Å². The number of fused-ring (bicyclic) bond motifs is 17. The smallest absolute Gasteiger partial charge is 0.195 e. The van der Waals surface area contributed by atoms with Crippen LogP contribution in [-0.2, 0) is 5.41 Å². The molecule has 0 fully saturated rings. The number of thiazole rings is 1. The van der Waals surface area contributed by atoms with Crippen molar-refractivity contribution in [2.75, 3.05) is 0 Å². The molecule has 7 aromatic carbocycles. The number of rotatable bonds is 2. The molecule has 244 valence electrons. The summed E-state index contributed by atoms with van der Waals surface area (Å²) in [5, 5.41) is 1.06. The SMILES string of the molecule is [C-]#[N+]c1ccc2c(c1)C1(c3ccccc3-c3ccccc31)c1cc(-c3cccc(-c4nc5ccccc5c5nc6sc7ccccc7n6c45)c3)ccc1-2. The highest BCUT2D eigenvalue weighted by atomic mass is 32.1. The Hall–Kier alpha value is -6.87. The predicted octanol–water partition coefficient (Wildman–Crippen LogP) is 12.5. The van der Waals surface area contributed by atoms with Gasteiger partial charge in [-0.15, -0.1) is 0 Å². The fourth-order valence-electron chi connectivity index (χ4n) is 9.29. The van der Waals surface area contributed by atoms with Crippen molar-refractivity contribution in [1.29, 1.82) is 0 Å². The van der Waals surface area contributed by atoms with Gasteiger partial charge in [-0.3, -0.25) is 4.40 Å². The molecular weight excluding hydrogens is 665 g/mol. The van der Waals surface area contributed by atoms with E-state index in [9.17, 15) is 0 Å². The number of imidazole rings is 1. The molecule has 0 aliphatic heterocycles. The molecular formula is C48H26N4S. The molecule has 4 nitrogen and oxygen atoms in total. The van der Waals surface area contributed by atoms with E-state index in [1.165, 1.54) is 49.2 Å². The minimum Gasteiger partial charge on any atom is -0.281 e. The van der Waals surface area contributed by atoms with Crippen LogP contribution in [0.1, 0.15) is 22.3 Å². The third kappa shape index (κ3) is 3.68. The maximum Gasteiger partial charge on any atom is 0.195 e. The molecule has 3 heterocycles. The molecule has 0 bridgehead atoms. The molecule has 0 radical (unpaired) electrons. The van der Waals surface area contributed by atoms with Crippen molar-refractivity contribution in [2.24, 2.45) is 0 Å². The van der Waals surface area contributed by atoms with Gasteiger partial charge in [-0.05, 0) is 86.0 Å². The molecule has 5 heteroatoms. The summed E-state index contributed by atoms with van der Waals surface area (Å²) < 4.78 is 3.50. The second-order valence-electron chi connectivity index (χ2n) is 14.0. The average Bonchev–Trinajstić information content (AvgIpc) is 3.94. The topological polar surface area (TPSA) is 34.5 Å². The third-order valence-corrected chi connectivity index (χ3v) is 12.5. The first-order valence-electron chi connectivity index (χ1n) is 17.8. The molecule has 0 saturated heterocycles. The summed E-state index contributed by atoms with van der Waals surface area (Å²) in [6, 6.07) is 56.5. The van der Waals surface area contributed by atoms with Gasteiger partial charge in [-0.25, -0.2) is 14.8 Å². The van der Waals surface area contributed by atoms with Crippen LogP contribution in [0.3, 0.4) is 0 Å². The Morgan fingerprint density at radius 2 is 1.21 bits per heavy atom. The first-order chi connectivity index (χ1) is 26.2. The number of pyridine rings is 1. The fraction of sp³-hybridized carbons (Fsp3) is 0.0208. The molecule has 0 unspecified atom stereocenters. The Morgan fingerprint density at radius 3 is 2.04 bits per heavy atom. The quantitative estimate of drug-likeness (QED) is 0.169. The summed E-state index contributed by atoms with van der Waals surface area (Å²) in [7, 11) is 0. The van der Waals surface area contributed by atoms with Gasteiger partial charge >= 0.3 is 0 Å². The molecule has 0 N–H and O–H groups in total. The number of nitrogens with zero attached hydrogens (tertiary/aromatic N) is 4. The maximum atomic E-state index is 7.93. The molecule has 10 aromatic rings. The standard InChI is InChI=1S/C48H26N4S/c1-49-31-22-24-35-34-23-21-29(26-39(34)48(40(35)27-31)37-16-5-2-13-32(37)33-14-3-6-17-38(33)48)28-11-10-12-30(25-28)44-46-45(36-15-4-7-18-41(36)50-44)51-47-52(46)42-19-8-9-20-43(42)53-47/h2-27H. The van der Waals surface area contributed by atoms with Crippen LogP contribution in [0.4, 0.5) is 5.69 Å². The zero-order chi connectivity index (χ0) is 34.8. The lowest BCUT2D eigenvalue weighted by Crippen LogP contribution is -2.25. The van der Waals surface area contributed by atoms with E-state index in [1.54, 1.807) is 11.3 Å². The Labute approximate surface area is 308 Å². The van der Waals surface area contributed by atoms with Crippen molar-refractivity contribution >= 4 is 54.1 Å². The molecule has 3 aromatic heterocycles. The molecule has 12 rings (SSSR count). The first kappa shape index (κ1) is 28.8. The Morgan fingerprint density at radius 1 is 0.547 bits per heavy atom. The van der Waals surface area contributed by atoms with Gasteiger partial charge in [0, 0.05) is 10.9 Å². The highest BCUT2D eigenvalue weighted by Gasteiger charge is 2.51. The number of benzene rings is 7. The van der Waals surface area contributed by atoms with E-state index in [1.807, 2.05) is 12.1 Å². The van der Waals surface area contributed by atoms with Crippen molar-refractivity contribution < 1.29 is 0 Å². The highest BCUT2D eigenvalue weighted by molar-refractivity contribution is 7.23. The van der Waals surface area contributed by atoms with Crippen LogP contribution in [0.25, 0.3) is 86.6 Å². The van der Waals surface area contributed by atoms with E-state index in [0.29, 0.717) is 5.69 Å². The lowest BCUT2D eigenvalue weighted by atomic mass is 9.70. The summed E-state index contributed by atoms with van der Waals surface area (Å²) in [6.45, 7) is 7.93. The molecule has 0 amide bonds. The van der Waals surface area contributed by atoms with Gasteiger partial charge < -0.3 is 0 Å². The van der Waals surface area contributed by atoms with Crippen molar-refractivity contribution in [1.82, 2.24) is 14.4 Å². The summed E-state index contributed by atoms with van der Waals surface area (Å²) in [5.41, 5.74) is 18.3. The number of aromatic nitrogens is 3. The summed E-state index contributed by atoms with van der Waals surface area (Å²) >= 11 is 1.72. The first-order valence-corrected chi connectivity index (χ1v) is 18.6. The van der Waals surface area contributed by atoms with Gasteiger partial charge in [0.1, 0.15) is 11.0 Å².